The number of alkyl halides is 3. The number of benzene rings is 1. The molecular weight excluding hydrogens is 293 g/mol. The van der Waals surface area contributed by atoms with Gasteiger partial charge in [-0.1, -0.05) is 24.3 Å². The Balaban J connectivity index is 1.77. The summed E-state index contributed by atoms with van der Waals surface area (Å²) in [5.74, 6) is -1.01. The van der Waals surface area contributed by atoms with Gasteiger partial charge in [0.2, 0.25) is 5.82 Å². The van der Waals surface area contributed by atoms with E-state index in [1.807, 2.05) is 17.2 Å². The molecule has 118 valence electrons. The second-order valence-corrected chi connectivity index (χ2v) is 5.55. The van der Waals surface area contributed by atoms with Crippen LogP contribution in [0.3, 0.4) is 0 Å². The smallest absolute Gasteiger partial charge is 0.297 e. The third-order valence-electron chi connectivity index (χ3n) is 4.09. The van der Waals surface area contributed by atoms with Gasteiger partial charge in [0.15, 0.2) is 5.82 Å². The quantitative estimate of drug-likeness (QED) is 0.941. The summed E-state index contributed by atoms with van der Waals surface area (Å²) in [7, 11) is 0. The molecule has 0 bridgehead atoms. The summed E-state index contributed by atoms with van der Waals surface area (Å²) in [6.07, 6.45) is -2.06. The highest BCUT2D eigenvalue weighted by Gasteiger charge is 2.35. The number of likely N-dealkylation sites (tertiary alicyclic amines) is 1. The Hall–Kier alpha value is -1.89. The highest BCUT2D eigenvalue weighted by molar-refractivity contribution is 5.55. The van der Waals surface area contributed by atoms with Crippen molar-refractivity contribution in [2.24, 2.45) is 0 Å². The minimum absolute atomic E-state index is 0.0627. The van der Waals surface area contributed by atoms with E-state index in [-0.39, 0.29) is 5.82 Å². The number of nitrogens with zero attached hydrogens (tertiary/aromatic N) is 3. The third-order valence-corrected chi connectivity index (χ3v) is 4.09. The Morgan fingerprint density at radius 1 is 1.14 bits per heavy atom. The molecule has 1 aromatic carbocycles. The lowest BCUT2D eigenvalue weighted by atomic mass is 10.0. The van der Waals surface area contributed by atoms with Crippen LogP contribution >= 0.6 is 0 Å². The van der Waals surface area contributed by atoms with Crippen molar-refractivity contribution in [2.75, 3.05) is 13.1 Å². The Kier molecular flexibility index (Phi) is 3.90. The van der Waals surface area contributed by atoms with Crippen molar-refractivity contribution in [3.8, 4) is 11.4 Å². The Labute approximate surface area is 126 Å². The zero-order valence-electron chi connectivity index (χ0n) is 12.2. The maximum Gasteiger partial charge on any atom is 0.451 e. The highest BCUT2D eigenvalue weighted by atomic mass is 19.4. The minimum atomic E-state index is -4.50. The standard InChI is InChI=1S/C15H17F3N4/c1-10(22-8-2-3-9-22)11-4-6-12(7-5-11)13-19-14(21-20-13)15(16,17)18/h4-7,10H,2-3,8-9H2,1H3,(H,19,20,21)/t10-/m0/s1. The number of nitrogens with one attached hydrogen (secondary N) is 1. The lowest BCUT2D eigenvalue weighted by Gasteiger charge is -2.24. The molecule has 0 aliphatic carbocycles. The predicted molar refractivity (Wildman–Crippen MR) is 76.0 cm³/mol. The number of rotatable bonds is 3. The molecule has 0 spiro atoms. The van der Waals surface area contributed by atoms with Crippen LogP contribution in [0.1, 0.15) is 37.2 Å². The molecule has 3 rings (SSSR count). The third kappa shape index (κ3) is 2.99. The minimum Gasteiger partial charge on any atom is -0.297 e. The first-order valence-corrected chi connectivity index (χ1v) is 7.29. The van der Waals surface area contributed by atoms with E-state index in [1.54, 1.807) is 12.1 Å². The molecule has 0 amide bonds. The average Bonchev–Trinajstić information content (AvgIpc) is 3.17. The van der Waals surface area contributed by atoms with Crippen LogP contribution in [-0.2, 0) is 6.18 Å². The Morgan fingerprint density at radius 2 is 1.77 bits per heavy atom. The first-order chi connectivity index (χ1) is 10.4. The summed E-state index contributed by atoms with van der Waals surface area (Å²) in [5, 5.41) is 5.57. The van der Waals surface area contributed by atoms with Crippen LogP contribution in [-0.4, -0.2) is 33.2 Å². The summed E-state index contributed by atoms with van der Waals surface area (Å²) in [5.41, 5.74) is 1.72. The predicted octanol–water partition coefficient (Wildman–Crippen LogP) is 3.65. The zero-order valence-corrected chi connectivity index (χ0v) is 12.2. The topological polar surface area (TPSA) is 44.8 Å². The van der Waals surface area contributed by atoms with Crippen molar-refractivity contribution in [3.63, 3.8) is 0 Å². The number of aromatic nitrogens is 3. The number of hydrogen-bond donors (Lipinski definition) is 1. The van der Waals surface area contributed by atoms with Crippen LogP contribution in [0.25, 0.3) is 11.4 Å². The van der Waals surface area contributed by atoms with Gasteiger partial charge in [-0.25, -0.2) is 4.98 Å². The maximum atomic E-state index is 12.5. The molecule has 1 aliphatic rings. The maximum absolute atomic E-state index is 12.5. The summed E-state index contributed by atoms with van der Waals surface area (Å²) in [6, 6.07) is 7.72. The van der Waals surface area contributed by atoms with Gasteiger partial charge < -0.3 is 0 Å². The molecule has 1 aliphatic heterocycles. The molecule has 1 N–H and O–H groups in total. The number of halogens is 3. The highest BCUT2D eigenvalue weighted by Crippen LogP contribution is 2.29. The van der Waals surface area contributed by atoms with E-state index in [4.69, 9.17) is 0 Å². The fraction of sp³-hybridized carbons (Fsp3) is 0.467. The largest absolute Gasteiger partial charge is 0.451 e. The molecule has 22 heavy (non-hydrogen) atoms. The fourth-order valence-corrected chi connectivity index (χ4v) is 2.77. The molecule has 2 heterocycles. The number of aromatic amines is 1. The van der Waals surface area contributed by atoms with E-state index >= 15 is 0 Å². The molecule has 1 saturated heterocycles. The van der Waals surface area contributed by atoms with E-state index < -0.39 is 12.0 Å². The average molecular weight is 310 g/mol. The Bertz CT molecular complexity index is 627. The van der Waals surface area contributed by atoms with E-state index in [2.05, 4.69) is 21.9 Å². The molecule has 0 radical (unpaired) electrons. The second-order valence-electron chi connectivity index (χ2n) is 5.55. The van der Waals surface area contributed by atoms with E-state index in [0.29, 0.717) is 11.6 Å². The zero-order chi connectivity index (χ0) is 15.7. The van der Waals surface area contributed by atoms with Crippen molar-refractivity contribution in [3.05, 3.63) is 35.7 Å². The lowest BCUT2D eigenvalue weighted by molar-refractivity contribution is -0.144. The molecule has 1 fully saturated rings. The van der Waals surface area contributed by atoms with Crippen LogP contribution in [0, 0.1) is 0 Å². The van der Waals surface area contributed by atoms with Gasteiger partial charge in [-0.05, 0) is 38.4 Å². The number of hydrogen-bond acceptors (Lipinski definition) is 3. The summed E-state index contributed by atoms with van der Waals surface area (Å²) < 4.78 is 37.6. The van der Waals surface area contributed by atoms with Crippen molar-refractivity contribution < 1.29 is 13.2 Å². The number of H-pyrrole nitrogens is 1. The lowest BCUT2D eigenvalue weighted by Crippen LogP contribution is -2.23. The second kappa shape index (κ2) is 5.72. The summed E-state index contributed by atoms with van der Waals surface area (Å²) >= 11 is 0. The van der Waals surface area contributed by atoms with Gasteiger partial charge in [0, 0.05) is 11.6 Å². The summed E-state index contributed by atoms with van der Waals surface area (Å²) in [6.45, 7) is 4.34. The van der Waals surface area contributed by atoms with Gasteiger partial charge in [0.1, 0.15) is 0 Å². The fourth-order valence-electron chi connectivity index (χ4n) is 2.77. The molecule has 2 aromatic rings. The van der Waals surface area contributed by atoms with Crippen LogP contribution in [0.5, 0.6) is 0 Å². The van der Waals surface area contributed by atoms with Gasteiger partial charge in [0.05, 0.1) is 0 Å². The summed E-state index contributed by atoms with van der Waals surface area (Å²) in [4.78, 5) is 5.91. The molecule has 0 saturated carbocycles. The van der Waals surface area contributed by atoms with Crippen LogP contribution in [0.15, 0.2) is 24.3 Å². The normalized spacial score (nSPS) is 17.8. The first kappa shape index (κ1) is 15.0. The van der Waals surface area contributed by atoms with Crippen LogP contribution in [0.4, 0.5) is 13.2 Å². The van der Waals surface area contributed by atoms with Crippen molar-refractivity contribution in [2.45, 2.75) is 32.0 Å². The molecule has 7 heteroatoms. The van der Waals surface area contributed by atoms with Gasteiger partial charge in [-0.3, -0.25) is 10.00 Å². The van der Waals surface area contributed by atoms with Gasteiger partial charge >= 0.3 is 6.18 Å². The van der Waals surface area contributed by atoms with Gasteiger partial charge in [-0.15, -0.1) is 0 Å². The SMILES string of the molecule is C[C@@H](c1ccc(-c2n[nH]c(C(F)(F)F)n2)cc1)N1CCCC1. The van der Waals surface area contributed by atoms with Crippen LogP contribution in [0.2, 0.25) is 0 Å². The first-order valence-electron chi connectivity index (χ1n) is 7.29. The molecule has 0 unspecified atom stereocenters. The van der Waals surface area contributed by atoms with Gasteiger partial charge in [-0.2, -0.15) is 18.3 Å². The molecule has 1 atom stereocenters. The molecular formula is C15H17F3N4. The van der Waals surface area contributed by atoms with Crippen molar-refractivity contribution >= 4 is 0 Å². The van der Waals surface area contributed by atoms with Gasteiger partial charge in [0.25, 0.3) is 0 Å². The van der Waals surface area contributed by atoms with E-state index in [0.717, 1.165) is 18.7 Å². The molecule has 1 aromatic heterocycles. The Morgan fingerprint density at radius 3 is 2.32 bits per heavy atom. The van der Waals surface area contributed by atoms with Crippen molar-refractivity contribution in [1.29, 1.82) is 0 Å². The van der Waals surface area contributed by atoms with Crippen molar-refractivity contribution in [1.82, 2.24) is 20.1 Å². The molecule has 4 nitrogen and oxygen atoms in total. The van der Waals surface area contributed by atoms with E-state index in [1.165, 1.54) is 12.8 Å². The van der Waals surface area contributed by atoms with E-state index in [9.17, 15) is 13.2 Å². The monoisotopic (exact) mass is 310 g/mol. The van der Waals surface area contributed by atoms with Crippen LogP contribution < -0.4 is 0 Å².